The molecule has 2 heterocycles. The molecular formula is C16H20N4O3S. The Bertz CT molecular complexity index is 715. The molecule has 0 bridgehead atoms. The van der Waals surface area contributed by atoms with E-state index in [9.17, 15) is 9.90 Å². The van der Waals surface area contributed by atoms with E-state index in [2.05, 4.69) is 19.9 Å². The number of nitrogens with one attached hydrogen (secondary N) is 1. The van der Waals surface area contributed by atoms with Gasteiger partial charge in [0.25, 0.3) is 5.91 Å². The predicted octanol–water partition coefficient (Wildman–Crippen LogP) is 1.75. The van der Waals surface area contributed by atoms with Gasteiger partial charge in [-0.2, -0.15) is 0 Å². The zero-order valence-electron chi connectivity index (χ0n) is 13.6. The van der Waals surface area contributed by atoms with Crippen LogP contribution in [-0.2, 0) is 6.42 Å². The lowest BCUT2D eigenvalue weighted by atomic mass is 9.75. The van der Waals surface area contributed by atoms with Gasteiger partial charge in [0.15, 0.2) is 0 Å². The van der Waals surface area contributed by atoms with Crippen LogP contribution in [0.4, 0.5) is 0 Å². The number of aliphatic hydroxyl groups is 1. The van der Waals surface area contributed by atoms with Crippen molar-refractivity contribution in [2.24, 2.45) is 5.92 Å². The third-order valence-electron chi connectivity index (χ3n) is 4.33. The SMILES string of the molecule is CCc1nnsc1C(=O)N[C@@H](c1cncc(OC)c1)C1CC(O)C1. The number of amides is 1. The van der Waals surface area contributed by atoms with Gasteiger partial charge >= 0.3 is 0 Å². The van der Waals surface area contributed by atoms with Crippen LogP contribution in [0, 0.1) is 5.92 Å². The van der Waals surface area contributed by atoms with Crippen LogP contribution in [0.5, 0.6) is 5.75 Å². The highest BCUT2D eigenvalue weighted by Gasteiger charge is 2.36. The number of carbonyl (C=O) groups is 1. The maximum Gasteiger partial charge on any atom is 0.265 e. The smallest absolute Gasteiger partial charge is 0.265 e. The highest BCUT2D eigenvalue weighted by Crippen LogP contribution is 2.38. The second-order valence-corrected chi connectivity index (χ2v) is 6.65. The van der Waals surface area contributed by atoms with Crippen LogP contribution in [0.3, 0.4) is 0 Å². The van der Waals surface area contributed by atoms with E-state index in [0.29, 0.717) is 35.6 Å². The van der Waals surface area contributed by atoms with Crippen LogP contribution in [-0.4, -0.2) is 38.8 Å². The largest absolute Gasteiger partial charge is 0.495 e. The van der Waals surface area contributed by atoms with Gasteiger partial charge in [0.1, 0.15) is 10.6 Å². The van der Waals surface area contributed by atoms with Crippen LogP contribution >= 0.6 is 11.5 Å². The van der Waals surface area contributed by atoms with E-state index in [4.69, 9.17) is 4.74 Å². The van der Waals surface area contributed by atoms with E-state index in [1.54, 1.807) is 19.5 Å². The highest BCUT2D eigenvalue weighted by molar-refractivity contribution is 7.08. The third kappa shape index (κ3) is 3.39. The summed E-state index contributed by atoms with van der Waals surface area (Å²) in [7, 11) is 1.58. The molecule has 1 aliphatic rings. The van der Waals surface area contributed by atoms with Gasteiger partial charge in [-0.05, 0) is 48.3 Å². The number of methoxy groups -OCH3 is 1. The fourth-order valence-electron chi connectivity index (χ4n) is 2.91. The number of rotatable bonds is 6. The quantitative estimate of drug-likeness (QED) is 0.825. The minimum absolute atomic E-state index is 0.170. The molecule has 2 aromatic rings. The van der Waals surface area contributed by atoms with Crippen LogP contribution in [0.1, 0.15) is 46.7 Å². The predicted molar refractivity (Wildman–Crippen MR) is 89.0 cm³/mol. The van der Waals surface area contributed by atoms with E-state index >= 15 is 0 Å². The van der Waals surface area contributed by atoms with Gasteiger partial charge in [0.2, 0.25) is 0 Å². The maximum atomic E-state index is 12.7. The monoisotopic (exact) mass is 348 g/mol. The Hall–Kier alpha value is -2.06. The summed E-state index contributed by atoms with van der Waals surface area (Å²) in [6.07, 6.45) is 5.02. The summed E-state index contributed by atoms with van der Waals surface area (Å²) in [5.74, 6) is 0.625. The molecule has 1 fully saturated rings. The van der Waals surface area contributed by atoms with Crippen molar-refractivity contribution in [3.05, 3.63) is 34.6 Å². The van der Waals surface area contributed by atoms with E-state index < -0.39 is 0 Å². The molecule has 7 nitrogen and oxygen atoms in total. The summed E-state index contributed by atoms with van der Waals surface area (Å²) < 4.78 is 9.10. The van der Waals surface area contributed by atoms with E-state index in [-0.39, 0.29) is 24.0 Å². The van der Waals surface area contributed by atoms with Crippen molar-refractivity contribution >= 4 is 17.4 Å². The topological polar surface area (TPSA) is 97.2 Å². The number of aromatic nitrogens is 3. The van der Waals surface area contributed by atoms with Gasteiger partial charge < -0.3 is 15.2 Å². The Morgan fingerprint density at radius 2 is 2.29 bits per heavy atom. The van der Waals surface area contributed by atoms with Crippen molar-refractivity contribution in [2.75, 3.05) is 7.11 Å². The Balaban J connectivity index is 1.84. The molecule has 0 spiro atoms. The average Bonchev–Trinajstić information content (AvgIpc) is 3.06. The second-order valence-electron chi connectivity index (χ2n) is 5.90. The molecule has 24 heavy (non-hydrogen) atoms. The summed E-state index contributed by atoms with van der Waals surface area (Å²) >= 11 is 1.10. The summed E-state index contributed by atoms with van der Waals surface area (Å²) in [6, 6.07) is 1.64. The molecular weight excluding hydrogens is 328 g/mol. The first-order chi connectivity index (χ1) is 11.6. The average molecular weight is 348 g/mol. The number of hydrogen-bond acceptors (Lipinski definition) is 7. The van der Waals surface area contributed by atoms with Gasteiger partial charge in [-0.3, -0.25) is 9.78 Å². The zero-order chi connectivity index (χ0) is 17.1. The second kappa shape index (κ2) is 7.23. The summed E-state index contributed by atoms with van der Waals surface area (Å²) in [5, 5.41) is 16.7. The Morgan fingerprint density at radius 3 is 2.96 bits per heavy atom. The van der Waals surface area contributed by atoms with Crippen LogP contribution in [0.15, 0.2) is 18.5 Å². The normalized spacial score (nSPS) is 21.0. The van der Waals surface area contributed by atoms with Crippen molar-refractivity contribution < 1.29 is 14.6 Å². The minimum atomic E-state index is -0.302. The number of pyridine rings is 1. The molecule has 0 unspecified atom stereocenters. The number of ether oxygens (including phenoxy) is 1. The fraction of sp³-hybridized carbons (Fsp3) is 0.500. The molecule has 0 aliphatic heterocycles. The Kier molecular flexibility index (Phi) is 5.06. The van der Waals surface area contributed by atoms with Gasteiger partial charge in [-0.15, -0.1) is 5.10 Å². The zero-order valence-corrected chi connectivity index (χ0v) is 14.4. The fourth-order valence-corrected chi connectivity index (χ4v) is 3.57. The van der Waals surface area contributed by atoms with E-state index in [1.807, 2.05) is 13.0 Å². The molecule has 128 valence electrons. The van der Waals surface area contributed by atoms with Gasteiger partial charge in [-0.1, -0.05) is 11.4 Å². The first-order valence-electron chi connectivity index (χ1n) is 7.91. The van der Waals surface area contributed by atoms with Crippen molar-refractivity contribution in [2.45, 2.75) is 38.3 Å². The highest BCUT2D eigenvalue weighted by atomic mass is 32.1. The number of nitrogens with zero attached hydrogens (tertiary/aromatic N) is 3. The molecule has 0 saturated heterocycles. The molecule has 1 aliphatic carbocycles. The van der Waals surface area contributed by atoms with Crippen molar-refractivity contribution in [3.63, 3.8) is 0 Å². The minimum Gasteiger partial charge on any atom is -0.495 e. The summed E-state index contributed by atoms with van der Waals surface area (Å²) in [5.41, 5.74) is 1.57. The lowest BCUT2D eigenvalue weighted by molar-refractivity contribution is 0.0235. The molecule has 8 heteroatoms. The molecule has 1 atom stereocenters. The number of aliphatic hydroxyl groups excluding tert-OH is 1. The summed E-state index contributed by atoms with van der Waals surface area (Å²) in [4.78, 5) is 17.4. The van der Waals surface area contributed by atoms with Gasteiger partial charge in [0, 0.05) is 6.20 Å². The molecule has 2 aromatic heterocycles. The van der Waals surface area contributed by atoms with Crippen molar-refractivity contribution in [1.29, 1.82) is 0 Å². The molecule has 2 N–H and O–H groups in total. The molecule has 1 saturated carbocycles. The lowest BCUT2D eigenvalue weighted by Crippen LogP contribution is -2.41. The Morgan fingerprint density at radius 1 is 1.50 bits per heavy atom. The summed E-state index contributed by atoms with van der Waals surface area (Å²) in [6.45, 7) is 1.94. The number of carbonyl (C=O) groups excluding carboxylic acids is 1. The molecule has 1 amide bonds. The van der Waals surface area contributed by atoms with E-state index in [1.165, 1.54) is 0 Å². The number of aryl methyl sites for hydroxylation is 1. The van der Waals surface area contributed by atoms with Crippen LogP contribution in [0.25, 0.3) is 0 Å². The first kappa shape index (κ1) is 16.8. The molecule has 0 radical (unpaired) electrons. The van der Waals surface area contributed by atoms with E-state index in [0.717, 1.165) is 17.1 Å². The standard InChI is InChI=1S/C16H20N4O3S/c1-3-13-15(24-20-19-13)16(22)18-14(9-4-11(21)5-9)10-6-12(23-2)8-17-7-10/h6-9,11,14,21H,3-5H2,1-2H3,(H,18,22)/t9?,11?,14-/m1/s1. The maximum absolute atomic E-state index is 12.7. The third-order valence-corrected chi connectivity index (χ3v) is 5.10. The molecule has 3 rings (SSSR count). The van der Waals surface area contributed by atoms with Crippen LogP contribution < -0.4 is 10.1 Å². The number of hydrogen-bond donors (Lipinski definition) is 2. The van der Waals surface area contributed by atoms with Crippen molar-refractivity contribution in [3.8, 4) is 5.75 Å². The van der Waals surface area contributed by atoms with Gasteiger partial charge in [0.05, 0.1) is 31.1 Å². The van der Waals surface area contributed by atoms with Crippen LogP contribution in [0.2, 0.25) is 0 Å². The Labute approximate surface area is 144 Å². The lowest BCUT2D eigenvalue weighted by Gasteiger charge is -2.38. The first-order valence-corrected chi connectivity index (χ1v) is 8.68. The van der Waals surface area contributed by atoms with Crippen molar-refractivity contribution in [1.82, 2.24) is 19.9 Å². The van der Waals surface area contributed by atoms with Gasteiger partial charge in [-0.25, -0.2) is 0 Å². The molecule has 0 aromatic carbocycles.